The van der Waals surface area contributed by atoms with Crippen molar-refractivity contribution in [1.82, 2.24) is 5.32 Å². The van der Waals surface area contributed by atoms with E-state index in [1.165, 1.54) is 5.56 Å². The topological polar surface area (TPSA) is 29.1 Å². The van der Waals surface area contributed by atoms with Gasteiger partial charge in [0.15, 0.2) is 0 Å². The highest BCUT2D eigenvalue weighted by molar-refractivity contribution is 8.00. The fourth-order valence-electron chi connectivity index (χ4n) is 2.68. The lowest BCUT2D eigenvalue weighted by molar-refractivity contribution is -0.122. The Balaban J connectivity index is 2.60. The molecule has 0 aromatic heterocycles. The smallest absolute Gasteiger partial charge is 0.233 e. The maximum Gasteiger partial charge on any atom is 0.233 e. The second-order valence-electron chi connectivity index (χ2n) is 7.68. The van der Waals surface area contributed by atoms with Crippen molar-refractivity contribution in [2.24, 2.45) is 5.41 Å². The van der Waals surface area contributed by atoms with Crippen LogP contribution in [0.25, 0.3) is 0 Å². The van der Waals surface area contributed by atoms with E-state index < -0.39 is 0 Å². The number of carbonyl (C=O) groups excluding carboxylic acids is 1. The number of aryl methyl sites for hydroxylation is 1. The second kappa shape index (κ2) is 6.87. The number of amides is 1. The van der Waals surface area contributed by atoms with Crippen LogP contribution in [0.5, 0.6) is 0 Å². The fraction of sp³-hybridized carbons (Fsp3) is 0.611. The van der Waals surface area contributed by atoms with Gasteiger partial charge in [0.1, 0.15) is 0 Å². The Hall–Kier alpha value is -0.960. The molecule has 0 saturated carbocycles. The number of nitrogens with one attached hydrogen (secondary N) is 1. The van der Waals surface area contributed by atoms with Gasteiger partial charge in [-0.1, -0.05) is 38.5 Å². The van der Waals surface area contributed by atoms with Gasteiger partial charge in [-0.05, 0) is 51.7 Å². The summed E-state index contributed by atoms with van der Waals surface area (Å²) >= 11 is 1.61. The van der Waals surface area contributed by atoms with Crippen molar-refractivity contribution in [2.45, 2.75) is 70.6 Å². The number of rotatable bonds is 5. The third-order valence-electron chi connectivity index (χ3n) is 3.14. The highest BCUT2D eigenvalue weighted by Gasteiger charge is 2.28. The summed E-state index contributed by atoms with van der Waals surface area (Å²) in [5.74, 6) is 0.106. The number of benzene rings is 1. The van der Waals surface area contributed by atoms with Crippen molar-refractivity contribution in [3.8, 4) is 0 Å². The molecule has 0 aliphatic rings. The van der Waals surface area contributed by atoms with Crippen molar-refractivity contribution in [1.29, 1.82) is 0 Å². The quantitative estimate of drug-likeness (QED) is 0.791. The van der Waals surface area contributed by atoms with E-state index in [0.717, 1.165) is 11.3 Å². The standard InChI is InChI=1S/C18H29NOS/c1-13-8-10-15(11-9-13)21-14(2)16(20)19-18(6,7)12-17(3,4)5/h8-11,14H,12H2,1-7H3,(H,19,20)/t14-/m0/s1. The minimum Gasteiger partial charge on any atom is -0.350 e. The van der Waals surface area contributed by atoms with Crippen LogP contribution in [0.15, 0.2) is 29.2 Å². The summed E-state index contributed by atoms with van der Waals surface area (Å²) in [5.41, 5.74) is 1.25. The van der Waals surface area contributed by atoms with Crippen molar-refractivity contribution in [3.05, 3.63) is 29.8 Å². The Morgan fingerprint density at radius 2 is 1.67 bits per heavy atom. The number of hydrogen-bond donors (Lipinski definition) is 1. The normalized spacial score (nSPS) is 13.9. The molecular formula is C18H29NOS. The van der Waals surface area contributed by atoms with Gasteiger partial charge in [0.05, 0.1) is 5.25 Å². The predicted octanol–water partition coefficient (Wildman–Crippen LogP) is 4.81. The number of thioether (sulfide) groups is 1. The Morgan fingerprint density at radius 3 is 2.14 bits per heavy atom. The molecule has 0 bridgehead atoms. The van der Waals surface area contributed by atoms with Gasteiger partial charge in [-0.2, -0.15) is 0 Å². The van der Waals surface area contributed by atoms with Crippen LogP contribution in [0.3, 0.4) is 0 Å². The van der Waals surface area contributed by atoms with Gasteiger partial charge in [-0.25, -0.2) is 0 Å². The number of hydrogen-bond acceptors (Lipinski definition) is 2. The van der Waals surface area contributed by atoms with Crippen molar-refractivity contribution in [2.75, 3.05) is 0 Å². The minimum atomic E-state index is -0.183. The molecule has 1 aromatic carbocycles. The van der Waals surface area contributed by atoms with E-state index >= 15 is 0 Å². The van der Waals surface area contributed by atoms with Gasteiger partial charge >= 0.3 is 0 Å². The van der Waals surface area contributed by atoms with Crippen LogP contribution in [-0.2, 0) is 4.79 Å². The molecule has 0 unspecified atom stereocenters. The molecule has 1 N–H and O–H groups in total. The second-order valence-corrected chi connectivity index (χ2v) is 9.10. The lowest BCUT2D eigenvalue weighted by Crippen LogP contribution is -2.48. The van der Waals surface area contributed by atoms with E-state index in [9.17, 15) is 4.79 Å². The molecule has 0 fully saturated rings. The van der Waals surface area contributed by atoms with Crippen LogP contribution in [-0.4, -0.2) is 16.7 Å². The van der Waals surface area contributed by atoms with E-state index in [2.05, 4.69) is 71.1 Å². The molecular weight excluding hydrogens is 278 g/mol. The van der Waals surface area contributed by atoms with E-state index in [-0.39, 0.29) is 22.1 Å². The van der Waals surface area contributed by atoms with E-state index in [0.29, 0.717) is 0 Å². The zero-order valence-corrected chi connectivity index (χ0v) is 15.2. The lowest BCUT2D eigenvalue weighted by atomic mass is 9.82. The Labute approximate surface area is 134 Å². The first kappa shape index (κ1) is 18.1. The van der Waals surface area contributed by atoms with Gasteiger partial charge in [0, 0.05) is 10.4 Å². The van der Waals surface area contributed by atoms with Crippen LogP contribution < -0.4 is 5.32 Å². The Bertz CT molecular complexity index is 471. The summed E-state index contributed by atoms with van der Waals surface area (Å²) < 4.78 is 0. The summed E-state index contributed by atoms with van der Waals surface area (Å²) in [6, 6.07) is 8.31. The predicted molar refractivity (Wildman–Crippen MR) is 92.8 cm³/mol. The highest BCUT2D eigenvalue weighted by Crippen LogP contribution is 2.28. The molecule has 0 aliphatic heterocycles. The maximum atomic E-state index is 12.4. The Kier molecular flexibility index (Phi) is 5.92. The zero-order chi connectivity index (χ0) is 16.3. The zero-order valence-electron chi connectivity index (χ0n) is 14.4. The average molecular weight is 308 g/mol. The first-order valence-electron chi connectivity index (χ1n) is 7.54. The SMILES string of the molecule is Cc1ccc(S[C@@H](C)C(=O)NC(C)(C)CC(C)(C)C)cc1. The van der Waals surface area contributed by atoms with Gasteiger partial charge in [0.2, 0.25) is 5.91 Å². The number of carbonyl (C=O) groups is 1. The van der Waals surface area contributed by atoms with Gasteiger partial charge in [-0.15, -0.1) is 11.8 Å². The third-order valence-corrected chi connectivity index (χ3v) is 4.25. The molecule has 0 saturated heterocycles. The average Bonchev–Trinajstić information content (AvgIpc) is 2.28. The van der Waals surface area contributed by atoms with Crippen LogP contribution in [0.1, 0.15) is 53.5 Å². The molecule has 3 heteroatoms. The van der Waals surface area contributed by atoms with Crippen molar-refractivity contribution >= 4 is 17.7 Å². The summed E-state index contributed by atoms with van der Waals surface area (Å²) in [4.78, 5) is 13.5. The largest absolute Gasteiger partial charge is 0.350 e. The van der Waals surface area contributed by atoms with Crippen LogP contribution in [0.4, 0.5) is 0 Å². The molecule has 0 aliphatic carbocycles. The summed E-state index contributed by atoms with van der Waals surface area (Å²) in [6.07, 6.45) is 0.952. The van der Waals surface area contributed by atoms with Crippen LogP contribution >= 0.6 is 11.8 Å². The lowest BCUT2D eigenvalue weighted by Gasteiger charge is -2.34. The van der Waals surface area contributed by atoms with Crippen molar-refractivity contribution in [3.63, 3.8) is 0 Å². The van der Waals surface area contributed by atoms with Crippen molar-refractivity contribution < 1.29 is 4.79 Å². The third kappa shape index (κ3) is 7.03. The molecule has 118 valence electrons. The first-order chi connectivity index (χ1) is 9.48. The molecule has 1 amide bonds. The van der Waals surface area contributed by atoms with Crippen LogP contribution in [0, 0.1) is 12.3 Å². The summed E-state index contributed by atoms with van der Waals surface area (Å²) in [6.45, 7) is 14.8. The van der Waals surface area contributed by atoms with E-state index in [1.54, 1.807) is 11.8 Å². The molecule has 1 atom stereocenters. The molecule has 0 radical (unpaired) electrons. The molecule has 21 heavy (non-hydrogen) atoms. The molecule has 1 aromatic rings. The van der Waals surface area contributed by atoms with E-state index in [1.807, 2.05) is 6.92 Å². The maximum absolute atomic E-state index is 12.4. The molecule has 1 rings (SSSR count). The van der Waals surface area contributed by atoms with E-state index in [4.69, 9.17) is 0 Å². The highest BCUT2D eigenvalue weighted by atomic mass is 32.2. The Morgan fingerprint density at radius 1 is 1.14 bits per heavy atom. The van der Waals surface area contributed by atoms with Gasteiger partial charge in [-0.3, -0.25) is 4.79 Å². The molecule has 0 spiro atoms. The van der Waals surface area contributed by atoms with Gasteiger partial charge in [0.25, 0.3) is 0 Å². The van der Waals surface area contributed by atoms with Crippen LogP contribution in [0.2, 0.25) is 0 Å². The summed E-state index contributed by atoms with van der Waals surface area (Å²) in [5, 5.41) is 3.09. The summed E-state index contributed by atoms with van der Waals surface area (Å²) in [7, 11) is 0. The monoisotopic (exact) mass is 307 g/mol. The molecule has 0 heterocycles. The fourth-order valence-corrected chi connectivity index (χ4v) is 3.55. The first-order valence-corrected chi connectivity index (χ1v) is 8.42. The minimum absolute atomic E-state index is 0.0908. The molecule has 2 nitrogen and oxygen atoms in total. The van der Waals surface area contributed by atoms with Gasteiger partial charge < -0.3 is 5.32 Å².